The number of aromatic amines is 1. The molecule has 18 heavy (non-hydrogen) atoms. The first-order chi connectivity index (χ1) is 8.93. The third kappa shape index (κ3) is 2.22. The first-order valence-corrected chi connectivity index (χ1v) is 6.10. The smallest absolute Gasteiger partial charge is 0.180 e. The molecule has 2 aromatic heterocycles. The lowest BCUT2D eigenvalue weighted by atomic mass is 10.1. The van der Waals surface area contributed by atoms with E-state index in [0.717, 1.165) is 36.1 Å². The normalized spacial score (nSPS) is 10.9. The first-order valence-electron chi connectivity index (χ1n) is 6.10. The van der Waals surface area contributed by atoms with Gasteiger partial charge in [-0.2, -0.15) is 0 Å². The summed E-state index contributed by atoms with van der Waals surface area (Å²) in [7, 11) is 0. The number of nitrogens with one attached hydrogen (secondary N) is 1. The summed E-state index contributed by atoms with van der Waals surface area (Å²) in [5, 5.41) is 0. The number of H-pyrrole nitrogens is 1. The molecule has 90 valence electrons. The average molecular weight is 238 g/mol. The van der Waals surface area contributed by atoms with Crippen molar-refractivity contribution in [1.29, 1.82) is 0 Å². The lowest BCUT2D eigenvalue weighted by Gasteiger charge is -2.02. The molecule has 0 atom stereocenters. The van der Waals surface area contributed by atoms with Gasteiger partial charge in [0, 0.05) is 0 Å². The van der Waals surface area contributed by atoms with Gasteiger partial charge in [0.15, 0.2) is 5.65 Å². The molecule has 0 saturated carbocycles. The number of hydrogen-bond acceptors (Lipinski definition) is 3. The number of imidazole rings is 1. The molecule has 4 nitrogen and oxygen atoms in total. The maximum absolute atomic E-state index is 4.33. The minimum atomic E-state index is 0.750. The zero-order chi connectivity index (χ0) is 12.2. The van der Waals surface area contributed by atoms with Crippen LogP contribution in [-0.4, -0.2) is 19.9 Å². The zero-order valence-corrected chi connectivity index (χ0v) is 10.0. The van der Waals surface area contributed by atoms with E-state index in [9.17, 15) is 0 Å². The molecule has 3 rings (SSSR count). The SMILES string of the molecule is c1ccc(CCCc2ncnc3nc[nH]c23)cc1. The minimum absolute atomic E-state index is 0.750. The van der Waals surface area contributed by atoms with Crippen molar-refractivity contribution >= 4 is 11.2 Å². The molecule has 2 heterocycles. The maximum Gasteiger partial charge on any atom is 0.180 e. The highest BCUT2D eigenvalue weighted by molar-refractivity contribution is 5.71. The van der Waals surface area contributed by atoms with Crippen molar-refractivity contribution in [3.63, 3.8) is 0 Å². The molecule has 1 aromatic carbocycles. The van der Waals surface area contributed by atoms with Crippen LogP contribution in [0, 0.1) is 0 Å². The van der Waals surface area contributed by atoms with Gasteiger partial charge >= 0.3 is 0 Å². The molecule has 0 aliphatic heterocycles. The van der Waals surface area contributed by atoms with Gasteiger partial charge in [0.25, 0.3) is 0 Å². The Morgan fingerprint density at radius 1 is 0.944 bits per heavy atom. The second kappa shape index (κ2) is 4.96. The Kier molecular flexibility index (Phi) is 3.00. The third-order valence-electron chi connectivity index (χ3n) is 3.02. The second-order valence-corrected chi connectivity index (χ2v) is 4.26. The van der Waals surface area contributed by atoms with Crippen molar-refractivity contribution in [1.82, 2.24) is 19.9 Å². The molecule has 0 aliphatic rings. The van der Waals surface area contributed by atoms with Crippen LogP contribution in [0.5, 0.6) is 0 Å². The van der Waals surface area contributed by atoms with E-state index < -0.39 is 0 Å². The summed E-state index contributed by atoms with van der Waals surface area (Å²) in [6.45, 7) is 0. The number of hydrogen-bond donors (Lipinski definition) is 1. The van der Waals surface area contributed by atoms with Crippen LogP contribution in [0.4, 0.5) is 0 Å². The fourth-order valence-corrected chi connectivity index (χ4v) is 2.11. The number of aryl methyl sites for hydroxylation is 2. The van der Waals surface area contributed by atoms with E-state index in [1.165, 1.54) is 5.56 Å². The fourth-order valence-electron chi connectivity index (χ4n) is 2.11. The van der Waals surface area contributed by atoms with Crippen molar-refractivity contribution in [2.45, 2.75) is 19.3 Å². The molecule has 3 aromatic rings. The summed E-state index contributed by atoms with van der Waals surface area (Å²) < 4.78 is 0. The van der Waals surface area contributed by atoms with Gasteiger partial charge in [-0.25, -0.2) is 15.0 Å². The van der Waals surface area contributed by atoms with Crippen molar-refractivity contribution in [2.24, 2.45) is 0 Å². The van der Waals surface area contributed by atoms with E-state index in [2.05, 4.69) is 44.2 Å². The molecule has 1 N–H and O–H groups in total. The van der Waals surface area contributed by atoms with E-state index in [0.29, 0.717) is 0 Å². The number of benzene rings is 1. The average Bonchev–Trinajstić information content (AvgIpc) is 2.89. The Balaban J connectivity index is 1.68. The highest BCUT2D eigenvalue weighted by Crippen LogP contribution is 2.12. The molecule has 4 heteroatoms. The number of aromatic nitrogens is 4. The molecule has 0 fully saturated rings. The number of fused-ring (bicyclic) bond motifs is 1. The van der Waals surface area contributed by atoms with Crippen LogP contribution in [0.2, 0.25) is 0 Å². The van der Waals surface area contributed by atoms with E-state index in [-0.39, 0.29) is 0 Å². The summed E-state index contributed by atoms with van der Waals surface area (Å²) in [5.74, 6) is 0. The Labute approximate surface area is 105 Å². The standard InChI is InChI=1S/C14H14N4/c1-2-5-11(6-3-1)7-4-8-12-13-14(17-9-15-12)18-10-16-13/h1-3,5-6,9-10H,4,7-8H2,(H,15,16,17,18). The van der Waals surface area contributed by atoms with Gasteiger partial charge in [-0.1, -0.05) is 30.3 Å². The van der Waals surface area contributed by atoms with Crippen molar-refractivity contribution in [2.75, 3.05) is 0 Å². The molecule has 0 amide bonds. The molecule has 0 bridgehead atoms. The van der Waals surface area contributed by atoms with Crippen LogP contribution in [0.15, 0.2) is 43.0 Å². The van der Waals surface area contributed by atoms with Crippen molar-refractivity contribution in [3.8, 4) is 0 Å². The quantitative estimate of drug-likeness (QED) is 0.760. The molecule has 0 aliphatic carbocycles. The Bertz CT molecular complexity index is 630. The highest BCUT2D eigenvalue weighted by Gasteiger charge is 2.05. The van der Waals surface area contributed by atoms with Gasteiger partial charge in [-0.3, -0.25) is 0 Å². The fraction of sp³-hybridized carbons (Fsp3) is 0.214. The minimum Gasteiger partial charge on any atom is -0.342 e. The topological polar surface area (TPSA) is 54.5 Å². The second-order valence-electron chi connectivity index (χ2n) is 4.26. The van der Waals surface area contributed by atoms with E-state index in [1.807, 2.05) is 6.07 Å². The number of rotatable bonds is 4. The Morgan fingerprint density at radius 2 is 1.83 bits per heavy atom. The largest absolute Gasteiger partial charge is 0.342 e. The predicted octanol–water partition coefficient (Wildman–Crippen LogP) is 2.53. The molecule has 0 radical (unpaired) electrons. The van der Waals surface area contributed by atoms with Gasteiger partial charge < -0.3 is 4.98 Å². The molecule has 0 unspecified atom stereocenters. The lowest BCUT2D eigenvalue weighted by molar-refractivity contribution is 0.801. The predicted molar refractivity (Wildman–Crippen MR) is 70.2 cm³/mol. The van der Waals surface area contributed by atoms with Gasteiger partial charge in [0.2, 0.25) is 0 Å². The van der Waals surface area contributed by atoms with Crippen LogP contribution >= 0.6 is 0 Å². The first kappa shape index (κ1) is 10.9. The summed E-state index contributed by atoms with van der Waals surface area (Å²) in [6.07, 6.45) is 6.34. The van der Waals surface area contributed by atoms with E-state index in [4.69, 9.17) is 0 Å². The Hall–Kier alpha value is -2.23. The summed E-state index contributed by atoms with van der Waals surface area (Å²) in [4.78, 5) is 15.7. The van der Waals surface area contributed by atoms with Gasteiger partial charge in [-0.05, 0) is 24.8 Å². The summed E-state index contributed by atoms with van der Waals surface area (Å²) in [6, 6.07) is 10.5. The molecule has 0 spiro atoms. The monoisotopic (exact) mass is 238 g/mol. The zero-order valence-electron chi connectivity index (χ0n) is 10.0. The Morgan fingerprint density at radius 3 is 2.72 bits per heavy atom. The molecular weight excluding hydrogens is 224 g/mol. The van der Waals surface area contributed by atoms with Crippen LogP contribution in [0.1, 0.15) is 17.7 Å². The third-order valence-corrected chi connectivity index (χ3v) is 3.02. The summed E-state index contributed by atoms with van der Waals surface area (Å²) >= 11 is 0. The summed E-state index contributed by atoms with van der Waals surface area (Å²) in [5.41, 5.74) is 4.13. The van der Waals surface area contributed by atoms with Gasteiger partial charge in [0.05, 0.1) is 12.0 Å². The van der Waals surface area contributed by atoms with Crippen LogP contribution < -0.4 is 0 Å². The van der Waals surface area contributed by atoms with Crippen LogP contribution in [-0.2, 0) is 12.8 Å². The van der Waals surface area contributed by atoms with E-state index >= 15 is 0 Å². The highest BCUT2D eigenvalue weighted by atomic mass is 15.0. The van der Waals surface area contributed by atoms with Crippen LogP contribution in [0.25, 0.3) is 11.2 Å². The van der Waals surface area contributed by atoms with Crippen molar-refractivity contribution in [3.05, 3.63) is 54.2 Å². The van der Waals surface area contributed by atoms with Crippen molar-refractivity contribution < 1.29 is 0 Å². The van der Waals surface area contributed by atoms with Gasteiger partial charge in [0.1, 0.15) is 11.8 Å². The van der Waals surface area contributed by atoms with Gasteiger partial charge in [-0.15, -0.1) is 0 Å². The number of nitrogens with zero attached hydrogens (tertiary/aromatic N) is 3. The van der Waals surface area contributed by atoms with E-state index in [1.54, 1.807) is 12.7 Å². The lowest BCUT2D eigenvalue weighted by Crippen LogP contribution is -1.95. The molecular formula is C14H14N4. The molecule has 0 saturated heterocycles. The van der Waals surface area contributed by atoms with Crippen LogP contribution in [0.3, 0.4) is 0 Å². The maximum atomic E-state index is 4.33.